The van der Waals surface area contributed by atoms with E-state index in [1.807, 2.05) is 36.4 Å². The molecule has 0 aliphatic carbocycles. The van der Waals surface area contributed by atoms with Crippen molar-refractivity contribution in [3.63, 3.8) is 0 Å². The molecule has 5 aromatic rings. The fourth-order valence-corrected chi connectivity index (χ4v) is 4.76. The molecule has 5 heteroatoms. The summed E-state index contributed by atoms with van der Waals surface area (Å²) in [5, 5.41) is 13.1. The van der Waals surface area contributed by atoms with Gasteiger partial charge in [-0.1, -0.05) is 66.7 Å². The predicted octanol–water partition coefficient (Wildman–Crippen LogP) is 7.34. The molecule has 0 saturated carbocycles. The van der Waals surface area contributed by atoms with Crippen LogP contribution in [0, 0.1) is 0 Å². The molecule has 2 heterocycles. The van der Waals surface area contributed by atoms with Crippen molar-refractivity contribution in [2.45, 2.75) is 13.0 Å². The van der Waals surface area contributed by atoms with Gasteiger partial charge in [-0.05, 0) is 59.5 Å². The fourth-order valence-electron chi connectivity index (χ4n) is 3.75. The number of aromatic nitrogens is 2. The zero-order chi connectivity index (χ0) is 22.6. The SMILES string of the molecule is CC(O)c1cccc(Nc2nccc(-c3ccc(-c4ccccc4-c4ccccc4)s3)n2)c1. The lowest BCUT2D eigenvalue weighted by atomic mass is 9.99. The number of thiophene rings is 1. The average molecular weight is 450 g/mol. The lowest BCUT2D eigenvalue weighted by molar-refractivity contribution is 0.199. The van der Waals surface area contributed by atoms with Gasteiger partial charge in [0.05, 0.1) is 16.7 Å². The Morgan fingerprint density at radius 3 is 2.36 bits per heavy atom. The smallest absolute Gasteiger partial charge is 0.227 e. The highest BCUT2D eigenvalue weighted by Gasteiger charge is 2.12. The Labute approximate surface area is 197 Å². The standard InChI is InChI=1S/C28H23N3OS/c1-19(32)21-10-7-11-22(18-21)30-28-29-17-16-25(31-28)27-15-14-26(33-27)24-13-6-5-12-23(24)20-8-3-2-4-9-20/h2-19,32H,1H3,(H,29,30,31). The van der Waals surface area contributed by atoms with Crippen molar-refractivity contribution < 1.29 is 5.11 Å². The molecule has 0 aliphatic heterocycles. The molecule has 1 unspecified atom stereocenters. The second-order valence-electron chi connectivity index (χ2n) is 7.77. The zero-order valence-corrected chi connectivity index (χ0v) is 19.0. The minimum absolute atomic E-state index is 0.523. The molecule has 0 bridgehead atoms. The summed E-state index contributed by atoms with van der Waals surface area (Å²) in [6, 6.07) is 32.8. The number of anilines is 2. The van der Waals surface area contributed by atoms with Crippen LogP contribution in [0.25, 0.3) is 32.1 Å². The largest absolute Gasteiger partial charge is 0.389 e. The van der Waals surface area contributed by atoms with Crippen LogP contribution in [0.5, 0.6) is 0 Å². The quantitative estimate of drug-likeness (QED) is 0.285. The predicted molar refractivity (Wildman–Crippen MR) is 137 cm³/mol. The maximum Gasteiger partial charge on any atom is 0.227 e. The van der Waals surface area contributed by atoms with E-state index in [1.165, 1.54) is 21.6 Å². The van der Waals surface area contributed by atoms with E-state index in [-0.39, 0.29) is 0 Å². The maximum atomic E-state index is 9.84. The maximum absolute atomic E-state index is 9.84. The molecule has 0 amide bonds. The van der Waals surface area contributed by atoms with E-state index in [0.717, 1.165) is 21.8 Å². The van der Waals surface area contributed by atoms with Crippen molar-refractivity contribution in [2.24, 2.45) is 0 Å². The van der Waals surface area contributed by atoms with Gasteiger partial charge in [0.1, 0.15) is 0 Å². The van der Waals surface area contributed by atoms with Gasteiger partial charge >= 0.3 is 0 Å². The molecule has 0 saturated heterocycles. The number of nitrogens with zero attached hydrogens (tertiary/aromatic N) is 2. The van der Waals surface area contributed by atoms with Crippen molar-refractivity contribution in [3.8, 4) is 32.1 Å². The Bertz CT molecular complexity index is 1380. The number of aliphatic hydroxyl groups is 1. The lowest BCUT2D eigenvalue weighted by Gasteiger charge is -2.09. The molecule has 3 aromatic carbocycles. The van der Waals surface area contributed by atoms with E-state index in [1.54, 1.807) is 24.5 Å². The number of benzene rings is 3. The van der Waals surface area contributed by atoms with Gasteiger partial charge in [0.15, 0.2) is 0 Å². The fraction of sp³-hybridized carbons (Fsp3) is 0.0714. The third kappa shape index (κ3) is 4.70. The van der Waals surface area contributed by atoms with Gasteiger partial charge in [0.25, 0.3) is 0 Å². The Kier molecular flexibility index (Phi) is 5.98. The molecule has 5 rings (SSSR count). The molecule has 2 N–H and O–H groups in total. The van der Waals surface area contributed by atoms with Crippen LogP contribution in [-0.2, 0) is 0 Å². The van der Waals surface area contributed by atoms with Crippen molar-refractivity contribution in [1.82, 2.24) is 9.97 Å². The van der Waals surface area contributed by atoms with Gasteiger partial charge in [-0.3, -0.25) is 0 Å². The molecular formula is C28H23N3OS. The van der Waals surface area contributed by atoms with Crippen molar-refractivity contribution in [1.29, 1.82) is 0 Å². The van der Waals surface area contributed by atoms with Gasteiger partial charge < -0.3 is 10.4 Å². The third-order valence-electron chi connectivity index (χ3n) is 5.42. The molecule has 1 atom stereocenters. The Balaban J connectivity index is 1.43. The first kappa shape index (κ1) is 21.1. The molecule has 162 valence electrons. The van der Waals surface area contributed by atoms with Crippen LogP contribution in [0.3, 0.4) is 0 Å². The summed E-state index contributed by atoms with van der Waals surface area (Å²) in [6.07, 6.45) is 1.24. The van der Waals surface area contributed by atoms with Gasteiger partial charge in [-0.2, -0.15) is 0 Å². The van der Waals surface area contributed by atoms with Crippen LogP contribution in [0.1, 0.15) is 18.6 Å². The van der Waals surface area contributed by atoms with Gasteiger partial charge in [-0.15, -0.1) is 11.3 Å². The molecule has 2 aromatic heterocycles. The number of rotatable bonds is 6. The van der Waals surface area contributed by atoms with E-state index >= 15 is 0 Å². The minimum Gasteiger partial charge on any atom is -0.389 e. The van der Waals surface area contributed by atoms with Crippen LogP contribution in [-0.4, -0.2) is 15.1 Å². The summed E-state index contributed by atoms with van der Waals surface area (Å²) in [5.74, 6) is 0.523. The highest BCUT2D eigenvalue weighted by molar-refractivity contribution is 7.18. The summed E-state index contributed by atoms with van der Waals surface area (Å²) < 4.78 is 0. The normalized spacial score (nSPS) is 11.8. The minimum atomic E-state index is -0.526. The summed E-state index contributed by atoms with van der Waals surface area (Å²) in [6.45, 7) is 1.75. The van der Waals surface area contributed by atoms with Crippen molar-refractivity contribution >= 4 is 23.0 Å². The number of hydrogen-bond acceptors (Lipinski definition) is 5. The van der Waals surface area contributed by atoms with Crippen LogP contribution in [0.4, 0.5) is 11.6 Å². The van der Waals surface area contributed by atoms with E-state index in [2.05, 4.69) is 71.0 Å². The monoisotopic (exact) mass is 449 g/mol. The van der Waals surface area contributed by atoms with Crippen molar-refractivity contribution in [3.05, 3.63) is 109 Å². The van der Waals surface area contributed by atoms with E-state index in [0.29, 0.717) is 5.95 Å². The van der Waals surface area contributed by atoms with Gasteiger partial charge in [0.2, 0.25) is 5.95 Å². The van der Waals surface area contributed by atoms with Crippen molar-refractivity contribution in [2.75, 3.05) is 5.32 Å². The molecule has 4 nitrogen and oxygen atoms in total. The Hall–Kier alpha value is -3.80. The molecule has 0 fully saturated rings. The highest BCUT2D eigenvalue weighted by Crippen LogP contribution is 2.38. The summed E-state index contributed by atoms with van der Waals surface area (Å²) in [5.41, 5.74) is 6.19. The number of nitrogens with one attached hydrogen (secondary N) is 1. The second kappa shape index (κ2) is 9.36. The van der Waals surface area contributed by atoms with E-state index in [4.69, 9.17) is 4.98 Å². The van der Waals surface area contributed by atoms with Gasteiger partial charge in [0, 0.05) is 16.8 Å². The van der Waals surface area contributed by atoms with Crippen LogP contribution in [0.15, 0.2) is 103 Å². The Morgan fingerprint density at radius 2 is 1.55 bits per heavy atom. The number of hydrogen-bond donors (Lipinski definition) is 2. The molecule has 0 spiro atoms. The third-order valence-corrected chi connectivity index (χ3v) is 6.56. The first-order valence-electron chi connectivity index (χ1n) is 10.8. The molecule has 33 heavy (non-hydrogen) atoms. The second-order valence-corrected chi connectivity index (χ2v) is 8.85. The Morgan fingerprint density at radius 1 is 0.788 bits per heavy atom. The van der Waals surface area contributed by atoms with E-state index < -0.39 is 6.10 Å². The molecular weight excluding hydrogens is 426 g/mol. The highest BCUT2D eigenvalue weighted by atomic mass is 32.1. The zero-order valence-electron chi connectivity index (χ0n) is 18.1. The van der Waals surface area contributed by atoms with E-state index in [9.17, 15) is 5.11 Å². The summed E-state index contributed by atoms with van der Waals surface area (Å²) in [7, 11) is 0. The van der Waals surface area contributed by atoms with Crippen LogP contribution < -0.4 is 5.32 Å². The molecule has 0 radical (unpaired) electrons. The summed E-state index contributed by atoms with van der Waals surface area (Å²) >= 11 is 1.72. The van der Waals surface area contributed by atoms with Crippen LogP contribution in [0.2, 0.25) is 0 Å². The topological polar surface area (TPSA) is 58.0 Å². The first-order chi connectivity index (χ1) is 16.2. The summed E-state index contributed by atoms with van der Waals surface area (Å²) in [4.78, 5) is 11.4. The average Bonchev–Trinajstić information content (AvgIpc) is 3.35. The first-order valence-corrected chi connectivity index (χ1v) is 11.6. The van der Waals surface area contributed by atoms with Gasteiger partial charge in [-0.25, -0.2) is 9.97 Å². The lowest BCUT2D eigenvalue weighted by Crippen LogP contribution is -1.99. The van der Waals surface area contributed by atoms with Crippen LogP contribution >= 0.6 is 11.3 Å². The molecule has 0 aliphatic rings. The number of aliphatic hydroxyl groups excluding tert-OH is 1.